The molecule has 5 bridgehead atoms. The van der Waals surface area contributed by atoms with Crippen molar-refractivity contribution >= 4 is 41.0 Å². The van der Waals surface area contributed by atoms with Gasteiger partial charge in [0.1, 0.15) is 23.7 Å². The molecular formula is C37H42ClN3O7. The van der Waals surface area contributed by atoms with Gasteiger partial charge >= 0.3 is 5.97 Å². The number of allylic oxidation sites excluding steroid dienone is 1. The molecule has 48 heavy (non-hydrogen) atoms. The Labute approximate surface area is 285 Å². The SMILES string of the molecule is CC[C@H](C)[C@H](CO)N1C(=O)[C@H]2[C@@H]3C(=O)O[C@H](c4ccccc4)[C@@H](C)NC(=O)CC/C=C\CN(c4ccccc4Cl)C(=O)[C@H]1[C@@]21C=C[C@@H]3O1. The lowest BCUT2D eigenvalue weighted by molar-refractivity contribution is -0.161. The van der Waals surface area contributed by atoms with Crippen molar-refractivity contribution in [2.24, 2.45) is 17.8 Å². The van der Waals surface area contributed by atoms with E-state index in [0.29, 0.717) is 29.1 Å². The molecule has 2 aromatic rings. The molecule has 2 aromatic carbocycles. The molecule has 4 heterocycles. The summed E-state index contributed by atoms with van der Waals surface area (Å²) < 4.78 is 12.8. The molecule has 0 aromatic heterocycles. The molecule has 10 nitrogen and oxygen atoms in total. The van der Waals surface area contributed by atoms with E-state index in [2.05, 4.69) is 5.32 Å². The van der Waals surface area contributed by atoms with E-state index in [4.69, 9.17) is 21.1 Å². The van der Waals surface area contributed by atoms with Crippen LogP contribution in [0, 0.1) is 17.8 Å². The lowest BCUT2D eigenvalue weighted by atomic mass is 9.74. The van der Waals surface area contributed by atoms with Gasteiger partial charge in [-0.25, -0.2) is 0 Å². The quantitative estimate of drug-likeness (QED) is 0.344. The van der Waals surface area contributed by atoms with Gasteiger partial charge in [0.25, 0.3) is 5.91 Å². The van der Waals surface area contributed by atoms with Crippen molar-refractivity contribution in [2.45, 2.75) is 76.0 Å². The normalized spacial score (nSPS) is 32.5. The molecule has 6 rings (SSSR count). The van der Waals surface area contributed by atoms with E-state index < -0.39 is 65.6 Å². The van der Waals surface area contributed by atoms with Gasteiger partial charge in [0.15, 0.2) is 0 Å². The Bertz CT molecular complexity index is 1610. The largest absolute Gasteiger partial charge is 0.455 e. The second-order valence-corrected chi connectivity index (χ2v) is 13.5. The fraction of sp³-hybridized carbons (Fsp3) is 0.459. The summed E-state index contributed by atoms with van der Waals surface area (Å²) in [5.74, 6) is -4.09. The number of hydrogen-bond donors (Lipinski definition) is 2. The Hall–Kier alpha value is -3.99. The van der Waals surface area contributed by atoms with Gasteiger partial charge in [-0.3, -0.25) is 19.2 Å². The molecule has 4 aliphatic heterocycles. The highest BCUT2D eigenvalue weighted by atomic mass is 35.5. The van der Waals surface area contributed by atoms with Crippen LogP contribution in [0.25, 0.3) is 0 Å². The van der Waals surface area contributed by atoms with Crippen molar-refractivity contribution in [3.8, 4) is 0 Å². The molecule has 11 heteroatoms. The summed E-state index contributed by atoms with van der Waals surface area (Å²) >= 11 is 6.66. The summed E-state index contributed by atoms with van der Waals surface area (Å²) in [6, 6.07) is 13.6. The van der Waals surface area contributed by atoms with E-state index in [9.17, 15) is 19.5 Å². The standard InChI is InChI=1S/C37H42ClN3O7/c1-4-22(2)27(21-42)41-33-35(45)40(26-16-11-10-15-25(26)38)20-12-6-9-17-29(43)39-23(3)32(24-13-7-5-8-14-24)47-36(46)30-28-18-19-37(33,48-28)31(30)34(41)44/h5-8,10-16,18-19,22-23,27-28,30-33,42H,4,9,17,20-21H2,1-3H3,(H,39,43)/b12-6-/t22-,23+,27-,28-,30+,31+,32-,33-,37+/m0/s1. The second-order valence-electron chi connectivity index (χ2n) is 13.1. The van der Waals surface area contributed by atoms with E-state index in [0.717, 1.165) is 0 Å². The predicted molar refractivity (Wildman–Crippen MR) is 180 cm³/mol. The minimum atomic E-state index is -1.48. The number of aliphatic hydroxyl groups is 1. The van der Waals surface area contributed by atoms with E-state index in [-0.39, 0.29) is 31.4 Å². The van der Waals surface area contributed by atoms with Gasteiger partial charge in [0, 0.05) is 13.0 Å². The zero-order valence-electron chi connectivity index (χ0n) is 27.3. The van der Waals surface area contributed by atoms with Gasteiger partial charge in [-0.15, -0.1) is 0 Å². The van der Waals surface area contributed by atoms with E-state index in [1.165, 1.54) is 9.80 Å². The number of nitrogens with one attached hydrogen (secondary N) is 1. The summed E-state index contributed by atoms with van der Waals surface area (Å²) in [6.45, 7) is 5.38. The summed E-state index contributed by atoms with van der Waals surface area (Å²) in [7, 11) is 0. The number of fused-ring (bicyclic) bond motifs is 2. The highest BCUT2D eigenvalue weighted by molar-refractivity contribution is 6.34. The van der Waals surface area contributed by atoms with Crippen molar-refractivity contribution in [1.29, 1.82) is 0 Å². The van der Waals surface area contributed by atoms with Gasteiger partial charge in [0.05, 0.1) is 41.4 Å². The Morgan fingerprint density at radius 2 is 1.77 bits per heavy atom. The van der Waals surface area contributed by atoms with Crippen LogP contribution in [0.15, 0.2) is 78.9 Å². The van der Waals surface area contributed by atoms with Crippen LogP contribution in [0.1, 0.15) is 51.7 Å². The molecule has 1 spiro atoms. The molecule has 0 unspecified atom stereocenters. The van der Waals surface area contributed by atoms with Crippen LogP contribution >= 0.6 is 11.6 Å². The molecule has 9 atom stereocenters. The Balaban J connectivity index is 1.49. The maximum atomic E-state index is 15.0. The van der Waals surface area contributed by atoms with Crippen molar-refractivity contribution < 1.29 is 33.8 Å². The molecule has 0 radical (unpaired) electrons. The first-order valence-electron chi connectivity index (χ1n) is 16.7. The smallest absolute Gasteiger partial charge is 0.313 e. The lowest BCUT2D eigenvalue weighted by Crippen LogP contribution is -2.59. The van der Waals surface area contributed by atoms with E-state index >= 15 is 4.79 Å². The van der Waals surface area contributed by atoms with Crippen LogP contribution in [0.3, 0.4) is 0 Å². The van der Waals surface area contributed by atoms with Gasteiger partial charge < -0.3 is 29.7 Å². The topological polar surface area (TPSA) is 125 Å². The monoisotopic (exact) mass is 675 g/mol. The number of nitrogens with zero attached hydrogens (tertiary/aromatic N) is 2. The van der Waals surface area contributed by atoms with Crippen molar-refractivity contribution in [3.05, 3.63) is 89.5 Å². The fourth-order valence-electron chi connectivity index (χ4n) is 7.67. The number of hydrogen-bond acceptors (Lipinski definition) is 7. The third kappa shape index (κ3) is 5.84. The highest BCUT2D eigenvalue weighted by Crippen LogP contribution is 2.57. The number of aliphatic hydroxyl groups excluding tert-OH is 1. The maximum Gasteiger partial charge on any atom is 0.313 e. The molecular weight excluding hydrogens is 634 g/mol. The van der Waals surface area contributed by atoms with Crippen LogP contribution in [-0.4, -0.2) is 76.7 Å². The summed E-state index contributed by atoms with van der Waals surface area (Å²) in [5, 5.41) is 14.0. The first-order chi connectivity index (χ1) is 23.1. The zero-order valence-corrected chi connectivity index (χ0v) is 28.1. The zero-order chi connectivity index (χ0) is 34.2. The maximum absolute atomic E-state index is 15.0. The van der Waals surface area contributed by atoms with E-state index in [1.54, 1.807) is 49.4 Å². The van der Waals surface area contributed by atoms with Crippen LogP contribution in [-0.2, 0) is 28.7 Å². The second kappa shape index (κ2) is 13.9. The number of rotatable bonds is 6. The highest BCUT2D eigenvalue weighted by Gasteiger charge is 2.74. The number of amides is 3. The van der Waals surface area contributed by atoms with Crippen molar-refractivity contribution in [1.82, 2.24) is 10.2 Å². The number of cyclic esters (lactones) is 1. The number of benzene rings is 2. The number of carbonyl (C=O) groups excluding carboxylic acids is 4. The summed E-state index contributed by atoms with van der Waals surface area (Å²) in [5.41, 5.74) is -0.360. The van der Waals surface area contributed by atoms with Gasteiger partial charge in [-0.1, -0.05) is 98.6 Å². The number of para-hydroxylation sites is 1. The molecule has 254 valence electrons. The first kappa shape index (κ1) is 33.9. The minimum Gasteiger partial charge on any atom is -0.455 e. The third-order valence-corrected chi connectivity index (χ3v) is 10.6. The lowest BCUT2D eigenvalue weighted by Gasteiger charge is -2.40. The Morgan fingerprint density at radius 3 is 2.48 bits per heavy atom. The van der Waals surface area contributed by atoms with Crippen molar-refractivity contribution in [2.75, 3.05) is 18.1 Å². The van der Waals surface area contributed by atoms with Crippen LogP contribution in [0.5, 0.6) is 0 Å². The summed E-state index contributed by atoms with van der Waals surface area (Å²) in [4.78, 5) is 60.0. The van der Waals surface area contributed by atoms with Crippen molar-refractivity contribution in [3.63, 3.8) is 0 Å². The van der Waals surface area contributed by atoms with Crippen LogP contribution in [0.2, 0.25) is 5.02 Å². The molecule has 0 aliphatic carbocycles. The number of anilines is 1. The number of esters is 1. The third-order valence-electron chi connectivity index (χ3n) is 10.3. The van der Waals surface area contributed by atoms with Crippen LogP contribution < -0.4 is 10.2 Å². The Kier molecular flexibility index (Phi) is 9.79. The summed E-state index contributed by atoms with van der Waals surface area (Å²) in [6.07, 6.45) is 6.66. The molecule has 4 aliphatic rings. The van der Waals surface area contributed by atoms with E-state index in [1.807, 2.05) is 50.3 Å². The fourth-order valence-corrected chi connectivity index (χ4v) is 7.91. The number of halogens is 1. The molecule has 2 saturated heterocycles. The van der Waals surface area contributed by atoms with Gasteiger partial charge in [-0.2, -0.15) is 0 Å². The number of likely N-dealkylation sites (tertiary alicyclic amines) is 1. The molecule has 3 amide bonds. The predicted octanol–water partition coefficient (Wildman–Crippen LogP) is 4.37. The minimum absolute atomic E-state index is 0.0989. The molecule has 2 N–H and O–H groups in total. The number of ether oxygens (including phenoxy) is 2. The average Bonchev–Trinajstić information content (AvgIpc) is 3.73. The number of carbonyl (C=O) groups is 4. The molecule has 0 saturated carbocycles. The molecule has 2 fully saturated rings. The first-order valence-corrected chi connectivity index (χ1v) is 17.1. The van der Waals surface area contributed by atoms with Crippen LogP contribution in [0.4, 0.5) is 5.69 Å². The Morgan fingerprint density at radius 1 is 1.04 bits per heavy atom. The average molecular weight is 676 g/mol. The van der Waals surface area contributed by atoms with Gasteiger partial charge in [0.2, 0.25) is 11.8 Å². The van der Waals surface area contributed by atoms with Gasteiger partial charge in [-0.05, 0) is 37.0 Å².